The average Bonchev–Trinajstić information content (AvgIpc) is 2.79. The van der Waals surface area contributed by atoms with Crippen molar-refractivity contribution in [1.29, 1.82) is 0 Å². The third-order valence-electron chi connectivity index (χ3n) is 5.71. The molecule has 1 saturated heterocycles. The number of hydrogen-bond acceptors (Lipinski definition) is 3. The Labute approximate surface area is 184 Å². The summed E-state index contributed by atoms with van der Waals surface area (Å²) in [5, 5.41) is 0.747. The lowest BCUT2D eigenvalue weighted by molar-refractivity contribution is 0.0586. The monoisotopic (exact) mass is 420 g/mol. The van der Waals surface area contributed by atoms with Gasteiger partial charge in [-0.1, -0.05) is 66.2 Å². The van der Waals surface area contributed by atoms with Crippen LogP contribution in [0.5, 0.6) is 0 Å². The van der Waals surface area contributed by atoms with E-state index in [0.717, 1.165) is 43.3 Å². The van der Waals surface area contributed by atoms with E-state index in [1.165, 1.54) is 16.8 Å². The van der Waals surface area contributed by atoms with Crippen LogP contribution in [-0.2, 0) is 4.74 Å². The van der Waals surface area contributed by atoms with E-state index in [9.17, 15) is 0 Å². The van der Waals surface area contributed by atoms with Gasteiger partial charge in [0.1, 0.15) is 6.10 Å². The summed E-state index contributed by atoms with van der Waals surface area (Å²) in [7, 11) is 0. The minimum absolute atomic E-state index is 0.0722. The summed E-state index contributed by atoms with van der Waals surface area (Å²) >= 11 is 6.08. The van der Waals surface area contributed by atoms with Gasteiger partial charge in [0, 0.05) is 43.4 Å². The van der Waals surface area contributed by atoms with Gasteiger partial charge in [0.05, 0.1) is 6.61 Å². The molecule has 1 atom stereocenters. The topological polar surface area (TPSA) is 15.7 Å². The lowest BCUT2D eigenvalue weighted by Crippen LogP contribution is -2.47. The minimum Gasteiger partial charge on any atom is -0.369 e. The number of anilines is 1. The van der Waals surface area contributed by atoms with Gasteiger partial charge in [0.2, 0.25) is 0 Å². The number of aryl methyl sites for hydroxylation is 1. The highest BCUT2D eigenvalue weighted by atomic mass is 35.5. The highest BCUT2D eigenvalue weighted by Crippen LogP contribution is 2.27. The number of hydrogen-bond donors (Lipinski definition) is 0. The molecule has 3 nitrogen and oxygen atoms in total. The average molecular weight is 421 g/mol. The molecule has 1 heterocycles. The molecular formula is C26H29ClN2O. The smallest absolute Gasteiger partial charge is 0.108 e. The summed E-state index contributed by atoms with van der Waals surface area (Å²) in [6.07, 6.45) is -0.0722. The van der Waals surface area contributed by atoms with E-state index in [0.29, 0.717) is 6.61 Å². The summed E-state index contributed by atoms with van der Waals surface area (Å²) in [5.74, 6) is 0. The Bertz CT molecular complexity index is 921. The van der Waals surface area contributed by atoms with Gasteiger partial charge < -0.3 is 9.64 Å². The van der Waals surface area contributed by atoms with Crippen LogP contribution in [0.3, 0.4) is 0 Å². The molecule has 4 rings (SSSR count). The van der Waals surface area contributed by atoms with E-state index in [1.807, 2.05) is 18.2 Å². The maximum atomic E-state index is 6.39. The first-order valence-corrected chi connectivity index (χ1v) is 11.0. The molecule has 156 valence electrons. The molecule has 1 fully saturated rings. The molecule has 0 radical (unpaired) electrons. The normalized spacial score (nSPS) is 15.9. The Morgan fingerprint density at radius 1 is 0.833 bits per heavy atom. The molecule has 0 saturated carbocycles. The SMILES string of the molecule is Cc1cccc(N2CCN(CCOC(c3ccccc3)c3ccc(Cl)cc3)CC2)c1. The van der Waals surface area contributed by atoms with E-state index in [2.05, 4.69) is 77.4 Å². The van der Waals surface area contributed by atoms with Gasteiger partial charge in [-0.05, 0) is 47.9 Å². The maximum absolute atomic E-state index is 6.39. The first-order valence-electron chi connectivity index (χ1n) is 10.6. The predicted molar refractivity (Wildman–Crippen MR) is 126 cm³/mol. The van der Waals surface area contributed by atoms with Crippen molar-refractivity contribution in [2.45, 2.75) is 13.0 Å². The molecule has 1 aliphatic heterocycles. The lowest BCUT2D eigenvalue weighted by Gasteiger charge is -2.36. The lowest BCUT2D eigenvalue weighted by atomic mass is 10.0. The Kier molecular flexibility index (Phi) is 7.06. The van der Waals surface area contributed by atoms with Crippen LogP contribution >= 0.6 is 11.6 Å². The molecule has 0 amide bonds. The van der Waals surface area contributed by atoms with E-state index in [1.54, 1.807) is 0 Å². The Morgan fingerprint density at radius 3 is 2.23 bits per heavy atom. The van der Waals surface area contributed by atoms with Crippen LogP contribution in [-0.4, -0.2) is 44.2 Å². The summed E-state index contributed by atoms with van der Waals surface area (Å²) < 4.78 is 6.39. The predicted octanol–water partition coefficient (Wildman–Crippen LogP) is 5.58. The van der Waals surface area contributed by atoms with Gasteiger partial charge in [0.25, 0.3) is 0 Å². The van der Waals surface area contributed by atoms with Crippen LogP contribution in [0.15, 0.2) is 78.9 Å². The van der Waals surface area contributed by atoms with Crippen molar-refractivity contribution in [3.8, 4) is 0 Å². The highest BCUT2D eigenvalue weighted by molar-refractivity contribution is 6.30. The Morgan fingerprint density at radius 2 is 1.53 bits per heavy atom. The van der Waals surface area contributed by atoms with Crippen molar-refractivity contribution >= 4 is 17.3 Å². The summed E-state index contributed by atoms with van der Waals surface area (Å²) in [4.78, 5) is 4.97. The Balaban J connectivity index is 1.32. The molecule has 30 heavy (non-hydrogen) atoms. The maximum Gasteiger partial charge on any atom is 0.108 e. The third-order valence-corrected chi connectivity index (χ3v) is 5.96. The molecule has 0 N–H and O–H groups in total. The van der Waals surface area contributed by atoms with E-state index < -0.39 is 0 Å². The number of nitrogens with zero attached hydrogens (tertiary/aromatic N) is 2. The molecule has 4 heteroatoms. The van der Waals surface area contributed by atoms with Crippen LogP contribution < -0.4 is 4.90 Å². The van der Waals surface area contributed by atoms with Gasteiger partial charge in [-0.15, -0.1) is 0 Å². The molecule has 0 spiro atoms. The fourth-order valence-electron chi connectivity index (χ4n) is 4.00. The molecule has 3 aromatic rings. The Hall–Kier alpha value is -2.33. The first-order chi connectivity index (χ1) is 14.7. The zero-order chi connectivity index (χ0) is 20.8. The second-order valence-electron chi connectivity index (χ2n) is 7.88. The second-order valence-corrected chi connectivity index (χ2v) is 8.32. The largest absolute Gasteiger partial charge is 0.369 e. The summed E-state index contributed by atoms with van der Waals surface area (Å²) in [6.45, 7) is 8.04. The molecular weight excluding hydrogens is 392 g/mol. The summed E-state index contributed by atoms with van der Waals surface area (Å²) in [5.41, 5.74) is 4.95. The zero-order valence-corrected chi connectivity index (χ0v) is 18.3. The third kappa shape index (κ3) is 5.42. The van der Waals surface area contributed by atoms with Crippen LogP contribution in [0.4, 0.5) is 5.69 Å². The first kappa shape index (κ1) is 20.9. The standard InChI is InChI=1S/C26H29ClN2O/c1-21-6-5-9-25(20-21)29-16-14-28(15-17-29)18-19-30-26(22-7-3-2-4-8-22)23-10-12-24(27)13-11-23/h2-13,20,26H,14-19H2,1H3. The van der Waals surface area contributed by atoms with Gasteiger partial charge >= 0.3 is 0 Å². The highest BCUT2D eigenvalue weighted by Gasteiger charge is 2.19. The number of rotatable bonds is 7. The number of ether oxygens (including phenoxy) is 1. The van der Waals surface area contributed by atoms with Crippen LogP contribution in [0.25, 0.3) is 0 Å². The molecule has 1 aliphatic rings. The number of piperazine rings is 1. The van der Waals surface area contributed by atoms with Crippen molar-refractivity contribution < 1.29 is 4.74 Å². The van der Waals surface area contributed by atoms with Crippen molar-refractivity contribution in [1.82, 2.24) is 4.90 Å². The van der Waals surface area contributed by atoms with Crippen LogP contribution in [0.1, 0.15) is 22.8 Å². The van der Waals surface area contributed by atoms with Crippen LogP contribution in [0.2, 0.25) is 5.02 Å². The van der Waals surface area contributed by atoms with Gasteiger partial charge in [-0.25, -0.2) is 0 Å². The van der Waals surface area contributed by atoms with Crippen molar-refractivity contribution in [2.24, 2.45) is 0 Å². The molecule has 1 unspecified atom stereocenters. The van der Waals surface area contributed by atoms with Crippen LogP contribution in [0, 0.1) is 6.92 Å². The summed E-state index contributed by atoms with van der Waals surface area (Å²) in [6, 6.07) is 27.2. The zero-order valence-electron chi connectivity index (χ0n) is 17.5. The van der Waals surface area contributed by atoms with E-state index in [4.69, 9.17) is 16.3 Å². The fourth-order valence-corrected chi connectivity index (χ4v) is 4.13. The van der Waals surface area contributed by atoms with Gasteiger partial charge in [-0.2, -0.15) is 0 Å². The van der Waals surface area contributed by atoms with E-state index in [-0.39, 0.29) is 6.10 Å². The molecule has 0 aromatic heterocycles. The molecule has 3 aromatic carbocycles. The second kappa shape index (κ2) is 10.1. The molecule has 0 bridgehead atoms. The van der Waals surface area contributed by atoms with Crippen molar-refractivity contribution in [3.63, 3.8) is 0 Å². The minimum atomic E-state index is -0.0722. The van der Waals surface area contributed by atoms with Gasteiger partial charge in [-0.3, -0.25) is 4.90 Å². The number of benzene rings is 3. The van der Waals surface area contributed by atoms with Crippen molar-refractivity contribution in [2.75, 3.05) is 44.2 Å². The fraction of sp³-hybridized carbons (Fsp3) is 0.308. The van der Waals surface area contributed by atoms with Gasteiger partial charge in [0.15, 0.2) is 0 Å². The van der Waals surface area contributed by atoms with E-state index >= 15 is 0 Å². The number of halogens is 1. The van der Waals surface area contributed by atoms with Crippen molar-refractivity contribution in [3.05, 3.63) is 101 Å². The molecule has 0 aliphatic carbocycles. The quantitative estimate of drug-likeness (QED) is 0.496.